The lowest BCUT2D eigenvalue weighted by Crippen LogP contribution is -2.21. The van der Waals surface area contributed by atoms with Gasteiger partial charge in [0.1, 0.15) is 11.6 Å². The van der Waals surface area contributed by atoms with Gasteiger partial charge in [0.25, 0.3) is 0 Å². The lowest BCUT2D eigenvalue weighted by molar-refractivity contribution is 0.274. The predicted molar refractivity (Wildman–Crippen MR) is 74.1 cm³/mol. The molecule has 0 aliphatic carbocycles. The van der Waals surface area contributed by atoms with E-state index in [-0.39, 0.29) is 6.04 Å². The van der Waals surface area contributed by atoms with Crippen LogP contribution in [0.25, 0.3) is 0 Å². The Morgan fingerprint density at radius 1 is 1.32 bits per heavy atom. The Balaban J connectivity index is 1.88. The molecule has 2 heterocycles. The normalized spacial score (nSPS) is 17.4. The van der Waals surface area contributed by atoms with Gasteiger partial charge in [-0.15, -0.1) is 0 Å². The highest BCUT2D eigenvalue weighted by Crippen LogP contribution is 2.33. The van der Waals surface area contributed by atoms with Gasteiger partial charge in [-0.3, -0.25) is 0 Å². The van der Waals surface area contributed by atoms with Crippen LogP contribution in [0.5, 0.6) is 5.75 Å². The Labute approximate surface area is 111 Å². The summed E-state index contributed by atoms with van der Waals surface area (Å²) in [7, 11) is 0. The predicted octanol–water partition coefficient (Wildman–Crippen LogP) is 2.30. The first-order valence-corrected chi connectivity index (χ1v) is 6.32. The van der Waals surface area contributed by atoms with Crippen LogP contribution in [0.3, 0.4) is 0 Å². The van der Waals surface area contributed by atoms with Crippen molar-refractivity contribution < 1.29 is 4.74 Å². The van der Waals surface area contributed by atoms with Crippen LogP contribution in [-0.4, -0.2) is 16.6 Å². The van der Waals surface area contributed by atoms with E-state index in [0.717, 1.165) is 29.2 Å². The van der Waals surface area contributed by atoms with Crippen molar-refractivity contribution in [3.8, 4) is 5.75 Å². The van der Waals surface area contributed by atoms with E-state index >= 15 is 0 Å². The summed E-state index contributed by atoms with van der Waals surface area (Å²) in [6, 6.07) is 10.1. The maximum atomic E-state index is 5.67. The highest BCUT2D eigenvalue weighted by atomic mass is 16.5. The summed E-state index contributed by atoms with van der Waals surface area (Å²) in [4.78, 5) is 8.29. The van der Waals surface area contributed by atoms with Gasteiger partial charge in [-0.25, -0.2) is 4.98 Å². The number of anilines is 2. The number of nitrogens with one attached hydrogen (secondary N) is 1. The van der Waals surface area contributed by atoms with Gasteiger partial charge in [-0.05, 0) is 13.0 Å². The molecule has 3 N–H and O–H groups in total. The lowest BCUT2D eigenvalue weighted by Gasteiger charge is -2.27. The summed E-state index contributed by atoms with van der Waals surface area (Å²) in [6.45, 7) is 2.61. The second-order valence-electron chi connectivity index (χ2n) is 4.62. The van der Waals surface area contributed by atoms with E-state index in [1.54, 1.807) is 0 Å². The number of hydrogen-bond acceptors (Lipinski definition) is 5. The smallest absolute Gasteiger partial charge is 0.222 e. The minimum atomic E-state index is 0.193. The van der Waals surface area contributed by atoms with Gasteiger partial charge in [0, 0.05) is 23.7 Å². The summed E-state index contributed by atoms with van der Waals surface area (Å²) in [5.41, 5.74) is 7.69. The number of ether oxygens (including phenoxy) is 1. The van der Waals surface area contributed by atoms with E-state index in [1.807, 2.05) is 31.2 Å². The highest BCUT2D eigenvalue weighted by molar-refractivity contribution is 5.46. The van der Waals surface area contributed by atoms with Crippen LogP contribution < -0.4 is 15.8 Å². The molecule has 19 heavy (non-hydrogen) atoms. The van der Waals surface area contributed by atoms with Crippen molar-refractivity contribution in [2.24, 2.45) is 0 Å². The first-order valence-electron chi connectivity index (χ1n) is 6.32. The van der Waals surface area contributed by atoms with Crippen molar-refractivity contribution in [3.63, 3.8) is 0 Å². The number of aromatic nitrogens is 2. The molecule has 1 aliphatic heterocycles. The zero-order valence-corrected chi connectivity index (χ0v) is 10.8. The zero-order valence-electron chi connectivity index (χ0n) is 10.8. The van der Waals surface area contributed by atoms with E-state index in [4.69, 9.17) is 10.5 Å². The van der Waals surface area contributed by atoms with Gasteiger partial charge in [-0.2, -0.15) is 4.98 Å². The SMILES string of the molecule is Cc1cc(N[C@@H]2CCOc3ccccc32)nc(N)n1. The molecule has 1 atom stereocenters. The molecule has 0 bridgehead atoms. The molecule has 0 unspecified atom stereocenters. The number of nitrogen functional groups attached to an aromatic ring is 1. The molecule has 1 aromatic heterocycles. The Morgan fingerprint density at radius 3 is 3.00 bits per heavy atom. The van der Waals surface area contributed by atoms with Crippen molar-refractivity contribution in [3.05, 3.63) is 41.6 Å². The van der Waals surface area contributed by atoms with E-state index in [9.17, 15) is 0 Å². The standard InChI is InChI=1S/C14H16N4O/c1-9-8-13(18-14(15)16-9)17-11-6-7-19-12-5-3-2-4-10(11)12/h2-5,8,11H,6-7H2,1H3,(H3,15,16,17,18)/t11-/m1/s1. The third kappa shape index (κ3) is 2.45. The first-order chi connectivity index (χ1) is 9.22. The van der Waals surface area contributed by atoms with Gasteiger partial charge < -0.3 is 15.8 Å². The molecule has 0 saturated heterocycles. The quantitative estimate of drug-likeness (QED) is 0.862. The van der Waals surface area contributed by atoms with Crippen molar-refractivity contribution in [1.82, 2.24) is 9.97 Å². The fourth-order valence-electron chi connectivity index (χ4n) is 2.34. The second-order valence-corrected chi connectivity index (χ2v) is 4.62. The summed E-state index contributed by atoms with van der Waals surface area (Å²) in [6.07, 6.45) is 0.903. The number of hydrogen-bond donors (Lipinski definition) is 2. The molecule has 2 aromatic rings. The number of para-hydroxylation sites is 1. The molecule has 0 amide bonds. The molecule has 98 valence electrons. The average Bonchev–Trinajstić information content (AvgIpc) is 2.38. The minimum absolute atomic E-state index is 0.193. The first kappa shape index (κ1) is 11.8. The minimum Gasteiger partial charge on any atom is -0.493 e. The Hall–Kier alpha value is -2.30. The Morgan fingerprint density at radius 2 is 2.16 bits per heavy atom. The van der Waals surface area contributed by atoms with Crippen molar-refractivity contribution in [2.75, 3.05) is 17.7 Å². The number of benzene rings is 1. The molecular formula is C14H16N4O. The van der Waals surface area contributed by atoms with Gasteiger partial charge >= 0.3 is 0 Å². The molecule has 3 rings (SSSR count). The third-order valence-electron chi connectivity index (χ3n) is 3.15. The van der Waals surface area contributed by atoms with E-state index in [1.165, 1.54) is 0 Å². The average molecular weight is 256 g/mol. The fraction of sp³-hybridized carbons (Fsp3) is 0.286. The van der Waals surface area contributed by atoms with Crippen LogP contribution >= 0.6 is 0 Å². The van der Waals surface area contributed by atoms with E-state index in [0.29, 0.717) is 12.6 Å². The largest absolute Gasteiger partial charge is 0.493 e. The topological polar surface area (TPSA) is 73.1 Å². The molecule has 0 fully saturated rings. The maximum absolute atomic E-state index is 5.67. The molecule has 0 saturated carbocycles. The maximum Gasteiger partial charge on any atom is 0.222 e. The van der Waals surface area contributed by atoms with Crippen molar-refractivity contribution >= 4 is 11.8 Å². The van der Waals surface area contributed by atoms with E-state index < -0.39 is 0 Å². The lowest BCUT2D eigenvalue weighted by atomic mass is 10.0. The van der Waals surface area contributed by atoms with Gasteiger partial charge in [0.2, 0.25) is 5.95 Å². The van der Waals surface area contributed by atoms with Crippen LogP contribution in [0.2, 0.25) is 0 Å². The fourth-order valence-corrected chi connectivity index (χ4v) is 2.34. The summed E-state index contributed by atoms with van der Waals surface area (Å²) in [5, 5.41) is 3.41. The Kier molecular flexibility index (Phi) is 2.95. The monoisotopic (exact) mass is 256 g/mol. The second kappa shape index (κ2) is 4.76. The van der Waals surface area contributed by atoms with Crippen LogP contribution in [0.1, 0.15) is 23.7 Å². The van der Waals surface area contributed by atoms with Gasteiger partial charge in [0.15, 0.2) is 0 Å². The number of fused-ring (bicyclic) bond motifs is 1. The summed E-state index contributed by atoms with van der Waals surface area (Å²) in [5.74, 6) is 1.99. The zero-order chi connectivity index (χ0) is 13.2. The molecule has 1 aromatic carbocycles. The van der Waals surface area contributed by atoms with Crippen LogP contribution in [0, 0.1) is 6.92 Å². The number of nitrogens with zero attached hydrogens (tertiary/aromatic N) is 2. The molecule has 1 aliphatic rings. The number of nitrogens with two attached hydrogens (primary N) is 1. The summed E-state index contributed by atoms with van der Waals surface area (Å²) < 4.78 is 5.64. The third-order valence-corrected chi connectivity index (χ3v) is 3.15. The van der Waals surface area contributed by atoms with Crippen LogP contribution in [-0.2, 0) is 0 Å². The molecule has 0 spiro atoms. The van der Waals surface area contributed by atoms with Crippen LogP contribution in [0.4, 0.5) is 11.8 Å². The van der Waals surface area contributed by atoms with Crippen molar-refractivity contribution in [2.45, 2.75) is 19.4 Å². The Bertz CT molecular complexity index is 579. The molecular weight excluding hydrogens is 240 g/mol. The van der Waals surface area contributed by atoms with E-state index in [2.05, 4.69) is 21.4 Å². The van der Waals surface area contributed by atoms with Gasteiger partial charge in [0.05, 0.1) is 12.6 Å². The molecule has 5 heteroatoms. The number of aryl methyl sites for hydroxylation is 1. The molecule has 0 radical (unpaired) electrons. The summed E-state index contributed by atoms with van der Waals surface area (Å²) >= 11 is 0. The highest BCUT2D eigenvalue weighted by Gasteiger charge is 2.21. The number of rotatable bonds is 2. The van der Waals surface area contributed by atoms with Crippen LogP contribution in [0.15, 0.2) is 30.3 Å². The van der Waals surface area contributed by atoms with Crippen molar-refractivity contribution in [1.29, 1.82) is 0 Å². The molecule has 5 nitrogen and oxygen atoms in total. The van der Waals surface area contributed by atoms with Gasteiger partial charge in [-0.1, -0.05) is 18.2 Å².